The number of terminal acetylenes is 1. The molecule has 1 aliphatic carbocycles. The SMILES string of the molecule is C#CCSCCNC1CCCC1. The van der Waals surface area contributed by atoms with Gasteiger partial charge in [0.15, 0.2) is 0 Å². The summed E-state index contributed by atoms with van der Waals surface area (Å²) in [5.41, 5.74) is 0. The van der Waals surface area contributed by atoms with E-state index in [1.54, 1.807) is 0 Å². The van der Waals surface area contributed by atoms with E-state index in [-0.39, 0.29) is 0 Å². The first-order valence-electron chi connectivity index (χ1n) is 4.68. The van der Waals surface area contributed by atoms with Gasteiger partial charge in [-0.3, -0.25) is 0 Å². The molecule has 0 heterocycles. The minimum atomic E-state index is 0.802. The number of thioether (sulfide) groups is 1. The lowest BCUT2D eigenvalue weighted by Gasteiger charge is -2.10. The van der Waals surface area contributed by atoms with Crippen LogP contribution < -0.4 is 5.32 Å². The van der Waals surface area contributed by atoms with Crippen molar-refractivity contribution in [2.45, 2.75) is 31.7 Å². The zero-order valence-electron chi connectivity index (χ0n) is 7.51. The summed E-state index contributed by atoms with van der Waals surface area (Å²) in [5, 5.41) is 3.55. The number of hydrogen-bond donors (Lipinski definition) is 1. The van der Waals surface area contributed by atoms with E-state index in [0.717, 1.165) is 24.1 Å². The van der Waals surface area contributed by atoms with Crippen LogP contribution in [-0.4, -0.2) is 24.1 Å². The predicted molar refractivity (Wildman–Crippen MR) is 56.4 cm³/mol. The molecule has 0 saturated heterocycles. The van der Waals surface area contributed by atoms with Crippen molar-refractivity contribution < 1.29 is 0 Å². The summed E-state index contributed by atoms with van der Waals surface area (Å²) < 4.78 is 0. The topological polar surface area (TPSA) is 12.0 Å². The van der Waals surface area contributed by atoms with Gasteiger partial charge < -0.3 is 5.32 Å². The molecule has 0 atom stereocenters. The van der Waals surface area contributed by atoms with Gasteiger partial charge in [0.1, 0.15) is 0 Å². The van der Waals surface area contributed by atoms with Crippen molar-refractivity contribution in [2.24, 2.45) is 0 Å². The van der Waals surface area contributed by atoms with Gasteiger partial charge in [0.05, 0.1) is 5.75 Å². The van der Waals surface area contributed by atoms with E-state index in [2.05, 4.69) is 11.2 Å². The van der Waals surface area contributed by atoms with Gasteiger partial charge in [-0.2, -0.15) is 0 Å². The van der Waals surface area contributed by atoms with Crippen LogP contribution in [0.5, 0.6) is 0 Å². The lowest BCUT2D eigenvalue weighted by Crippen LogP contribution is -2.28. The summed E-state index contributed by atoms with van der Waals surface area (Å²) >= 11 is 1.84. The normalized spacial score (nSPS) is 17.9. The minimum Gasteiger partial charge on any atom is -0.313 e. The van der Waals surface area contributed by atoms with Crippen molar-refractivity contribution in [1.29, 1.82) is 0 Å². The van der Waals surface area contributed by atoms with Crippen molar-refractivity contribution in [3.05, 3.63) is 0 Å². The van der Waals surface area contributed by atoms with E-state index in [1.807, 2.05) is 11.8 Å². The molecule has 0 aromatic rings. The molecule has 0 amide bonds. The molecule has 68 valence electrons. The highest BCUT2D eigenvalue weighted by Gasteiger charge is 2.12. The van der Waals surface area contributed by atoms with Crippen LogP contribution in [0.1, 0.15) is 25.7 Å². The molecule has 0 radical (unpaired) electrons. The molecule has 1 saturated carbocycles. The van der Waals surface area contributed by atoms with Crippen LogP contribution in [0.2, 0.25) is 0 Å². The van der Waals surface area contributed by atoms with E-state index in [9.17, 15) is 0 Å². The third-order valence-corrected chi connectivity index (χ3v) is 3.08. The van der Waals surface area contributed by atoms with Gasteiger partial charge in [-0.05, 0) is 12.8 Å². The molecule has 0 bridgehead atoms. The third kappa shape index (κ3) is 4.04. The van der Waals surface area contributed by atoms with E-state index in [0.29, 0.717) is 0 Å². The maximum Gasteiger partial charge on any atom is 0.0545 e. The van der Waals surface area contributed by atoms with Crippen molar-refractivity contribution in [1.82, 2.24) is 5.32 Å². The van der Waals surface area contributed by atoms with Gasteiger partial charge in [-0.1, -0.05) is 18.8 Å². The molecule has 0 aliphatic heterocycles. The Morgan fingerprint density at radius 3 is 2.83 bits per heavy atom. The first-order chi connectivity index (χ1) is 5.93. The number of nitrogens with one attached hydrogen (secondary N) is 1. The Morgan fingerprint density at radius 1 is 1.42 bits per heavy atom. The van der Waals surface area contributed by atoms with Gasteiger partial charge in [-0.15, -0.1) is 18.2 Å². The molecule has 1 aliphatic rings. The van der Waals surface area contributed by atoms with Crippen molar-refractivity contribution in [3.63, 3.8) is 0 Å². The van der Waals surface area contributed by atoms with Crippen molar-refractivity contribution in [3.8, 4) is 12.3 Å². The second-order valence-electron chi connectivity index (χ2n) is 3.19. The number of rotatable bonds is 5. The van der Waals surface area contributed by atoms with Crippen LogP contribution in [0.15, 0.2) is 0 Å². The highest BCUT2D eigenvalue weighted by atomic mass is 32.2. The maximum atomic E-state index is 5.14. The Balaban J connectivity index is 1.85. The van der Waals surface area contributed by atoms with Crippen LogP contribution in [0.25, 0.3) is 0 Å². The second-order valence-corrected chi connectivity index (χ2v) is 4.30. The quantitative estimate of drug-likeness (QED) is 0.516. The molecule has 1 N–H and O–H groups in total. The van der Waals surface area contributed by atoms with E-state index >= 15 is 0 Å². The van der Waals surface area contributed by atoms with Gasteiger partial charge in [0, 0.05) is 18.3 Å². The third-order valence-electron chi connectivity index (χ3n) is 2.22. The predicted octanol–water partition coefficient (Wildman–Crippen LogP) is 1.89. The van der Waals surface area contributed by atoms with Crippen LogP contribution in [0.4, 0.5) is 0 Å². The summed E-state index contributed by atoms with van der Waals surface area (Å²) in [6.45, 7) is 1.12. The van der Waals surface area contributed by atoms with E-state index < -0.39 is 0 Å². The maximum absolute atomic E-state index is 5.14. The molecule has 0 aromatic heterocycles. The molecule has 1 fully saturated rings. The molecule has 2 heteroatoms. The lowest BCUT2D eigenvalue weighted by molar-refractivity contribution is 0.545. The molecular weight excluding hydrogens is 166 g/mol. The second kappa shape index (κ2) is 6.39. The van der Waals surface area contributed by atoms with Crippen molar-refractivity contribution >= 4 is 11.8 Å². The van der Waals surface area contributed by atoms with Gasteiger partial charge in [0.25, 0.3) is 0 Å². The molecule has 1 rings (SSSR count). The molecule has 0 spiro atoms. The Kier molecular flexibility index (Phi) is 5.30. The average molecular weight is 183 g/mol. The zero-order chi connectivity index (χ0) is 8.65. The Morgan fingerprint density at radius 2 is 2.17 bits per heavy atom. The minimum absolute atomic E-state index is 0.802. The fourth-order valence-corrected chi connectivity index (χ4v) is 2.12. The number of hydrogen-bond acceptors (Lipinski definition) is 2. The smallest absolute Gasteiger partial charge is 0.0545 e. The van der Waals surface area contributed by atoms with E-state index in [1.165, 1.54) is 25.7 Å². The Bertz CT molecular complexity index is 144. The molecule has 1 nitrogen and oxygen atoms in total. The van der Waals surface area contributed by atoms with Gasteiger partial charge in [0.2, 0.25) is 0 Å². The summed E-state index contributed by atoms with van der Waals surface area (Å²) in [7, 11) is 0. The Hall–Kier alpha value is -0.130. The Labute approximate surface area is 79.7 Å². The monoisotopic (exact) mass is 183 g/mol. The lowest BCUT2D eigenvalue weighted by atomic mass is 10.2. The van der Waals surface area contributed by atoms with Gasteiger partial charge in [-0.25, -0.2) is 0 Å². The van der Waals surface area contributed by atoms with Crippen molar-refractivity contribution in [2.75, 3.05) is 18.1 Å². The molecular formula is C10H17NS. The average Bonchev–Trinajstić information content (AvgIpc) is 2.57. The van der Waals surface area contributed by atoms with Crippen LogP contribution in [-0.2, 0) is 0 Å². The molecule has 12 heavy (non-hydrogen) atoms. The fourth-order valence-electron chi connectivity index (χ4n) is 1.60. The van der Waals surface area contributed by atoms with Crippen LogP contribution in [0, 0.1) is 12.3 Å². The highest BCUT2D eigenvalue weighted by molar-refractivity contribution is 7.99. The summed E-state index contributed by atoms with van der Waals surface area (Å²) in [4.78, 5) is 0. The molecule has 0 aromatic carbocycles. The highest BCUT2D eigenvalue weighted by Crippen LogP contribution is 2.17. The molecule has 0 unspecified atom stereocenters. The van der Waals surface area contributed by atoms with Gasteiger partial charge >= 0.3 is 0 Å². The largest absolute Gasteiger partial charge is 0.313 e. The summed E-state index contributed by atoms with van der Waals surface area (Å²) in [5.74, 6) is 4.64. The first kappa shape index (κ1) is 9.95. The van der Waals surface area contributed by atoms with E-state index in [4.69, 9.17) is 6.42 Å². The van der Waals surface area contributed by atoms with Crippen LogP contribution in [0.3, 0.4) is 0 Å². The van der Waals surface area contributed by atoms with Crippen LogP contribution >= 0.6 is 11.8 Å². The fraction of sp³-hybridized carbons (Fsp3) is 0.800. The first-order valence-corrected chi connectivity index (χ1v) is 5.83. The standard InChI is InChI=1S/C10H17NS/c1-2-8-12-9-7-11-10-5-3-4-6-10/h1,10-11H,3-9H2. The summed E-state index contributed by atoms with van der Waals surface area (Å²) in [6, 6.07) is 0.802. The summed E-state index contributed by atoms with van der Waals surface area (Å²) in [6.07, 6.45) is 10.7. The zero-order valence-corrected chi connectivity index (χ0v) is 8.33.